The molecule has 1 rings (SSSR count). The Kier molecular flexibility index (Phi) is 1.94. The van der Waals surface area contributed by atoms with Crippen molar-refractivity contribution in [1.29, 1.82) is 0 Å². The Bertz CT molecular complexity index is 147. The lowest BCUT2D eigenvalue weighted by Crippen LogP contribution is -2.35. The number of likely N-dealkylation sites (tertiary alicyclic amines) is 1. The molecule has 1 aliphatic heterocycles. The molecule has 0 saturated carbocycles. The normalized spacial score (nSPS) is 32.9. The summed E-state index contributed by atoms with van der Waals surface area (Å²) in [7, 11) is 0. The van der Waals surface area contributed by atoms with Gasteiger partial charge in [0.15, 0.2) is 0 Å². The minimum absolute atomic E-state index is 0.0116. The van der Waals surface area contributed by atoms with Crippen molar-refractivity contribution in [3.8, 4) is 0 Å². The Labute approximate surface area is 60.6 Å². The maximum absolute atomic E-state index is 10.8. The first kappa shape index (κ1) is 7.54. The van der Waals surface area contributed by atoms with Crippen LogP contribution in [-0.2, 0) is 4.79 Å². The molecule has 0 unspecified atom stereocenters. The van der Waals surface area contributed by atoms with Gasteiger partial charge >= 0.3 is 0 Å². The predicted octanol–water partition coefficient (Wildman–Crippen LogP) is -0.0120. The summed E-state index contributed by atoms with van der Waals surface area (Å²) in [6.45, 7) is 4.12. The zero-order valence-electron chi connectivity index (χ0n) is 6.37. The van der Waals surface area contributed by atoms with E-state index in [2.05, 4.69) is 0 Å². The van der Waals surface area contributed by atoms with Crippen molar-refractivity contribution in [3.05, 3.63) is 0 Å². The van der Waals surface area contributed by atoms with Crippen LogP contribution in [0.25, 0.3) is 0 Å². The van der Waals surface area contributed by atoms with E-state index in [1.54, 1.807) is 4.90 Å². The van der Waals surface area contributed by atoms with Crippen LogP contribution in [0, 0.1) is 0 Å². The van der Waals surface area contributed by atoms with Gasteiger partial charge in [0, 0.05) is 13.5 Å². The fourth-order valence-corrected chi connectivity index (χ4v) is 1.37. The van der Waals surface area contributed by atoms with Crippen LogP contribution >= 0.6 is 0 Å². The van der Waals surface area contributed by atoms with Crippen molar-refractivity contribution in [2.45, 2.75) is 32.4 Å². The second-order valence-corrected chi connectivity index (χ2v) is 2.81. The molecule has 3 heteroatoms. The summed E-state index contributed by atoms with van der Waals surface area (Å²) in [5.74, 6) is 0.0593. The van der Waals surface area contributed by atoms with Crippen molar-refractivity contribution in [3.63, 3.8) is 0 Å². The number of nitrogens with zero attached hydrogens (tertiary/aromatic N) is 1. The number of hydrogen-bond donors (Lipinski definition) is 1. The average molecular weight is 143 g/mol. The van der Waals surface area contributed by atoms with Crippen LogP contribution in [0.3, 0.4) is 0 Å². The van der Waals surface area contributed by atoms with Gasteiger partial charge in [0.2, 0.25) is 5.91 Å². The minimum atomic E-state index is -0.316. The van der Waals surface area contributed by atoms with Gasteiger partial charge in [-0.15, -0.1) is 0 Å². The molecular weight excluding hydrogens is 130 g/mol. The SMILES string of the molecule is CC(=O)N1CC[C@H](O)[C@H]1C. The smallest absolute Gasteiger partial charge is 0.219 e. The van der Waals surface area contributed by atoms with Gasteiger partial charge in [-0.3, -0.25) is 4.79 Å². The molecule has 0 radical (unpaired) electrons. The highest BCUT2D eigenvalue weighted by molar-refractivity contribution is 5.73. The Morgan fingerprint density at radius 3 is 2.50 bits per heavy atom. The molecule has 10 heavy (non-hydrogen) atoms. The van der Waals surface area contributed by atoms with E-state index in [1.807, 2.05) is 6.92 Å². The second-order valence-electron chi connectivity index (χ2n) is 2.81. The summed E-state index contributed by atoms with van der Waals surface area (Å²) in [6.07, 6.45) is 0.407. The molecule has 0 aliphatic carbocycles. The lowest BCUT2D eigenvalue weighted by Gasteiger charge is -2.20. The molecule has 0 aromatic rings. The van der Waals surface area contributed by atoms with Crippen molar-refractivity contribution < 1.29 is 9.90 Å². The van der Waals surface area contributed by atoms with Crippen LogP contribution in [0.4, 0.5) is 0 Å². The lowest BCUT2D eigenvalue weighted by atomic mass is 10.2. The summed E-state index contributed by atoms with van der Waals surface area (Å²) in [5.41, 5.74) is 0. The average Bonchev–Trinajstić information content (AvgIpc) is 2.14. The number of rotatable bonds is 0. The number of hydrogen-bond acceptors (Lipinski definition) is 2. The number of amides is 1. The van der Waals surface area contributed by atoms with E-state index in [0.29, 0.717) is 6.54 Å². The second kappa shape index (κ2) is 2.58. The predicted molar refractivity (Wildman–Crippen MR) is 37.5 cm³/mol. The Hall–Kier alpha value is -0.570. The van der Waals surface area contributed by atoms with Crippen LogP contribution in [0.15, 0.2) is 0 Å². The molecule has 2 atom stereocenters. The Morgan fingerprint density at radius 2 is 2.30 bits per heavy atom. The van der Waals surface area contributed by atoms with Gasteiger partial charge in [-0.2, -0.15) is 0 Å². The van der Waals surface area contributed by atoms with Gasteiger partial charge in [0.25, 0.3) is 0 Å². The van der Waals surface area contributed by atoms with E-state index in [1.165, 1.54) is 6.92 Å². The molecule has 58 valence electrons. The lowest BCUT2D eigenvalue weighted by molar-refractivity contribution is -0.130. The fourth-order valence-electron chi connectivity index (χ4n) is 1.37. The van der Waals surface area contributed by atoms with Crippen molar-refractivity contribution >= 4 is 5.91 Å². The summed E-state index contributed by atoms with van der Waals surface area (Å²) in [5, 5.41) is 9.22. The van der Waals surface area contributed by atoms with Crippen LogP contribution < -0.4 is 0 Å². The van der Waals surface area contributed by atoms with Gasteiger partial charge in [-0.1, -0.05) is 0 Å². The van der Waals surface area contributed by atoms with Crippen LogP contribution in [0.5, 0.6) is 0 Å². The summed E-state index contributed by atoms with van der Waals surface area (Å²) in [4.78, 5) is 12.5. The standard InChI is InChI=1S/C7H13NO2/c1-5-7(10)3-4-8(5)6(2)9/h5,7,10H,3-4H2,1-2H3/t5-,7+/m1/s1. The molecule has 1 aliphatic rings. The topological polar surface area (TPSA) is 40.5 Å². The number of aliphatic hydroxyl groups excluding tert-OH is 1. The van der Waals surface area contributed by atoms with Crippen molar-refractivity contribution in [2.75, 3.05) is 6.54 Å². The number of carbonyl (C=O) groups is 1. The third-order valence-electron chi connectivity index (χ3n) is 2.12. The van der Waals surface area contributed by atoms with E-state index in [0.717, 1.165) is 6.42 Å². The van der Waals surface area contributed by atoms with Gasteiger partial charge in [0.05, 0.1) is 12.1 Å². The molecule has 0 aromatic heterocycles. The maximum atomic E-state index is 10.8. The monoisotopic (exact) mass is 143 g/mol. The third-order valence-corrected chi connectivity index (χ3v) is 2.12. The van der Waals surface area contributed by atoms with Crippen molar-refractivity contribution in [1.82, 2.24) is 4.90 Å². The summed E-state index contributed by atoms with van der Waals surface area (Å²) >= 11 is 0. The highest BCUT2D eigenvalue weighted by Crippen LogP contribution is 2.16. The first-order valence-electron chi connectivity index (χ1n) is 3.58. The third kappa shape index (κ3) is 1.14. The molecule has 0 aromatic carbocycles. The Morgan fingerprint density at radius 1 is 1.70 bits per heavy atom. The molecule has 1 fully saturated rings. The van der Waals surface area contributed by atoms with E-state index in [-0.39, 0.29) is 18.1 Å². The highest BCUT2D eigenvalue weighted by atomic mass is 16.3. The molecule has 0 spiro atoms. The summed E-state index contributed by atoms with van der Waals surface area (Å²) in [6, 6.07) is 0.0116. The largest absolute Gasteiger partial charge is 0.391 e. The minimum Gasteiger partial charge on any atom is -0.391 e. The van der Waals surface area contributed by atoms with E-state index in [9.17, 15) is 9.90 Å². The molecule has 1 saturated heterocycles. The Balaban J connectivity index is 2.57. The molecular formula is C7H13NO2. The van der Waals surface area contributed by atoms with Gasteiger partial charge in [-0.05, 0) is 13.3 Å². The molecule has 1 amide bonds. The van der Waals surface area contributed by atoms with Gasteiger partial charge < -0.3 is 10.0 Å². The van der Waals surface area contributed by atoms with E-state index >= 15 is 0 Å². The maximum Gasteiger partial charge on any atom is 0.219 e. The first-order valence-corrected chi connectivity index (χ1v) is 3.58. The van der Waals surface area contributed by atoms with Gasteiger partial charge in [-0.25, -0.2) is 0 Å². The number of aliphatic hydroxyl groups is 1. The van der Waals surface area contributed by atoms with Crippen LogP contribution in [0.2, 0.25) is 0 Å². The molecule has 1 heterocycles. The number of carbonyl (C=O) groups excluding carboxylic acids is 1. The van der Waals surface area contributed by atoms with E-state index in [4.69, 9.17) is 0 Å². The zero-order chi connectivity index (χ0) is 7.72. The van der Waals surface area contributed by atoms with Crippen LogP contribution in [0.1, 0.15) is 20.3 Å². The van der Waals surface area contributed by atoms with Gasteiger partial charge in [0.1, 0.15) is 0 Å². The van der Waals surface area contributed by atoms with E-state index < -0.39 is 0 Å². The zero-order valence-corrected chi connectivity index (χ0v) is 6.37. The first-order chi connectivity index (χ1) is 4.63. The van der Waals surface area contributed by atoms with Crippen LogP contribution in [-0.4, -0.2) is 34.6 Å². The summed E-state index contributed by atoms with van der Waals surface area (Å²) < 4.78 is 0. The highest BCUT2D eigenvalue weighted by Gasteiger charge is 2.30. The fraction of sp³-hybridized carbons (Fsp3) is 0.857. The molecule has 0 bridgehead atoms. The molecule has 3 nitrogen and oxygen atoms in total. The quantitative estimate of drug-likeness (QED) is 0.518. The van der Waals surface area contributed by atoms with Crippen molar-refractivity contribution in [2.24, 2.45) is 0 Å². The molecule has 1 N–H and O–H groups in total.